The maximum Gasteiger partial charge on any atom is 0.260 e. The van der Waals surface area contributed by atoms with Crippen molar-refractivity contribution in [3.8, 4) is 5.75 Å². The number of carbonyl (C=O) groups is 1. The van der Waals surface area contributed by atoms with E-state index in [9.17, 15) is 13.2 Å². The predicted molar refractivity (Wildman–Crippen MR) is 159 cm³/mol. The smallest absolute Gasteiger partial charge is 0.260 e. The summed E-state index contributed by atoms with van der Waals surface area (Å²) in [6.45, 7) is 12.3. The molecule has 212 valence electrons. The number of anilines is 1. The summed E-state index contributed by atoms with van der Waals surface area (Å²) in [7, 11) is -3.61. The first kappa shape index (κ1) is 29.5. The molecular formula is C29H40N4O4S2. The van der Waals surface area contributed by atoms with E-state index in [2.05, 4.69) is 18.7 Å². The van der Waals surface area contributed by atoms with Crippen molar-refractivity contribution in [2.45, 2.75) is 64.3 Å². The molecule has 1 amide bonds. The van der Waals surface area contributed by atoms with Gasteiger partial charge in [0.2, 0.25) is 10.0 Å². The first-order valence-corrected chi connectivity index (χ1v) is 16.3. The van der Waals surface area contributed by atoms with Gasteiger partial charge in [-0.25, -0.2) is 13.4 Å². The van der Waals surface area contributed by atoms with Crippen molar-refractivity contribution < 1.29 is 17.9 Å². The number of nitrogens with zero attached hydrogens (tertiary/aromatic N) is 4. The van der Waals surface area contributed by atoms with Crippen LogP contribution >= 0.6 is 11.3 Å². The fourth-order valence-electron chi connectivity index (χ4n) is 5.09. The number of piperidine rings is 1. The molecule has 2 aromatic carbocycles. The molecule has 1 aliphatic rings. The van der Waals surface area contributed by atoms with Gasteiger partial charge in [-0.3, -0.25) is 9.69 Å². The number of ether oxygens (including phenoxy) is 1. The normalized spacial score (nSPS) is 16.6. The molecule has 0 spiro atoms. The van der Waals surface area contributed by atoms with Gasteiger partial charge >= 0.3 is 0 Å². The van der Waals surface area contributed by atoms with Crippen LogP contribution in [0.5, 0.6) is 5.75 Å². The molecule has 10 heteroatoms. The van der Waals surface area contributed by atoms with E-state index in [0.717, 1.165) is 54.7 Å². The van der Waals surface area contributed by atoms with Gasteiger partial charge in [-0.05, 0) is 81.7 Å². The molecule has 2 heterocycles. The van der Waals surface area contributed by atoms with Crippen LogP contribution in [0.25, 0.3) is 10.2 Å². The fourth-order valence-corrected chi connectivity index (χ4v) is 7.87. The maximum absolute atomic E-state index is 13.8. The summed E-state index contributed by atoms with van der Waals surface area (Å²) in [6.07, 6.45) is 3.62. The molecule has 1 unspecified atom stereocenters. The van der Waals surface area contributed by atoms with Crippen LogP contribution in [0.2, 0.25) is 0 Å². The van der Waals surface area contributed by atoms with E-state index in [1.54, 1.807) is 33.5 Å². The van der Waals surface area contributed by atoms with Gasteiger partial charge in [0.05, 0.1) is 21.7 Å². The quantitative estimate of drug-likeness (QED) is 0.280. The Labute approximate surface area is 236 Å². The third-order valence-electron chi connectivity index (χ3n) is 7.42. The minimum Gasteiger partial charge on any atom is -0.494 e. The van der Waals surface area contributed by atoms with Crippen LogP contribution in [0.15, 0.2) is 47.4 Å². The zero-order chi connectivity index (χ0) is 28.0. The number of likely N-dealkylation sites (N-methyl/N-ethyl adjacent to an activating group) is 1. The molecule has 0 bridgehead atoms. The highest BCUT2D eigenvalue weighted by Gasteiger charge is 2.32. The molecular weight excluding hydrogens is 532 g/mol. The minimum absolute atomic E-state index is 0.0305. The van der Waals surface area contributed by atoms with Crippen molar-refractivity contribution in [1.29, 1.82) is 0 Å². The van der Waals surface area contributed by atoms with Crippen LogP contribution in [-0.2, 0) is 10.0 Å². The van der Waals surface area contributed by atoms with E-state index in [0.29, 0.717) is 36.9 Å². The van der Waals surface area contributed by atoms with Gasteiger partial charge in [0.25, 0.3) is 5.91 Å². The van der Waals surface area contributed by atoms with Gasteiger partial charge in [-0.15, -0.1) is 0 Å². The maximum atomic E-state index is 13.8. The van der Waals surface area contributed by atoms with Gasteiger partial charge in [0.15, 0.2) is 5.13 Å². The molecule has 0 saturated carbocycles. The first-order valence-electron chi connectivity index (χ1n) is 14.0. The number of thiazole rings is 1. The number of rotatable bonds is 12. The first-order chi connectivity index (χ1) is 18.8. The van der Waals surface area contributed by atoms with Crippen LogP contribution in [0.1, 0.15) is 63.7 Å². The van der Waals surface area contributed by atoms with Crippen molar-refractivity contribution in [2.75, 3.05) is 44.2 Å². The Morgan fingerprint density at radius 3 is 2.46 bits per heavy atom. The second kappa shape index (κ2) is 13.2. The highest BCUT2D eigenvalue weighted by atomic mass is 32.2. The van der Waals surface area contributed by atoms with Crippen LogP contribution in [0.4, 0.5) is 5.13 Å². The molecule has 0 radical (unpaired) electrons. The molecule has 0 N–H and O–H groups in total. The molecule has 3 aromatic rings. The van der Waals surface area contributed by atoms with Crippen LogP contribution in [0, 0.1) is 0 Å². The molecule has 1 fully saturated rings. The zero-order valence-electron chi connectivity index (χ0n) is 23.4. The number of amides is 1. The van der Waals surface area contributed by atoms with E-state index >= 15 is 0 Å². The lowest BCUT2D eigenvalue weighted by atomic mass is 10.0. The molecule has 1 aromatic heterocycles. The molecule has 39 heavy (non-hydrogen) atoms. The number of benzene rings is 2. The van der Waals surface area contributed by atoms with Gasteiger partial charge in [-0.1, -0.05) is 38.5 Å². The second-order valence-electron chi connectivity index (χ2n) is 9.74. The standard InChI is InChI=1S/C29H40N4O4S2/c1-5-23-11-9-10-18-33(23)39(35,36)25-15-12-22(13-16-25)28(34)32(20-19-31(6-2)7-3)29-30-26-17-14-24(37-8-4)21-27(26)38-29/h12-17,21,23H,5-11,18-20H2,1-4H3. The van der Waals surface area contributed by atoms with E-state index in [1.165, 1.54) is 11.3 Å². The van der Waals surface area contributed by atoms with Gasteiger partial charge in [0, 0.05) is 31.2 Å². The van der Waals surface area contributed by atoms with E-state index < -0.39 is 10.0 Å². The van der Waals surface area contributed by atoms with Gasteiger partial charge < -0.3 is 9.64 Å². The topological polar surface area (TPSA) is 83.0 Å². The Kier molecular flexibility index (Phi) is 9.98. The third kappa shape index (κ3) is 6.62. The van der Waals surface area contributed by atoms with Gasteiger partial charge in [0.1, 0.15) is 5.75 Å². The average Bonchev–Trinajstić information content (AvgIpc) is 3.38. The molecule has 4 rings (SSSR count). The molecule has 0 aliphatic carbocycles. The summed E-state index contributed by atoms with van der Waals surface area (Å²) in [4.78, 5) is 22.8. The zero-order valence-corrected chi connectivity index (χ0v) is 25.1. The summed E-state index contributed by atoms with van der Waals surface area (Å²) < 4.78 is 35.1. The molecule has 1 saturated heterocycles. The average molecular weight is 573 g/mol. The monoisotopic (exact) mass is 572 g/mol. The molecule has 8 nitrogen and oxygen atoms in total. The summed E-state index contributed by atoms with van der Waals surface area (Å²) in [6, 6.07) is 12.2. The van der Waals surface area contributed by atoms with Crippen LogP contribution < -0.4 is 9.64 Å². The van der Waals surface area contributed by atoms with Crippen LogP contribution in [0.3, 0.4) is 0 Å². The number of sulfonamides is 1. The highest BCUT2D eigenvalue weighted by molar-refractivity contribution is 7.89. The summed E-state index contributed by atoms with van der Waals surface area (Å²) in [5.74, 6) is 0.580. The minimum atomic E-state index is -3.61. The van der Waals surface area contributed by atoms with E-state index in [1.807, 2.05) is 32.0 Å². The Hall–Kier alpha value is -2.53. The molecule has 1 atom stereocenters. The Bertz CT molecular complexity index is 1350. The van der Waals surface area contributed by atoms with Crippen molar-refractivity contribution >= 4 is 42.6 Å². The van der Waals surface area contributed by atoms with Crippen LogP contribution in [-0.4, -0.2) is 73.9 Å². The van der Waals surface area contributed by atoms with Crippen molar-refractivity contribution in [3.63, 3.8) is 0 Å². The van der Waals surface area contributed by atoms with Crippen molar-refractivity contribution in [2.24, 2.45) is 0 Å². The summed E-state index contributed by atoms with van der Waals surface area (Å²) in [5, 5.41) is 0.617. The number of aromatic nitrogens is 1. The lowest BCUT2D eigenvalue weighted by Gasteiger charge is -2.34. The number of hydrogen-bond acceptors (Lipinski definition) is 7. The highest BCUT2D eigenvalue weighted by Crippen LogP contribution is 2.33. The SMILES string of the molecule is CCOc1ccc2nc(N(CCN(CC)CC)C(=O)c3ccc(S(=O)(=O)N4CCCCC4CC)cc3)sc2c1. The largest absolute Gasteiger partial charge is 0.494 e. The summed E-state index contributed by atoms with van der Waals surface area (Å²) >= 11 is 1.46. The van der Waals surface area contributed by atoms with Crippen molar-refractivity contribution in [3.05, 3.63) is 48.0 Å². The van der Waals surface area contributed by atoms with Gasteiger partial charge in [-0.2, -0.15) is 4.31 Å². The Balaban J connectivity index is 1.62. The fraction of sp³-hybridized carbons (Fsp3) is 0.517. The lowest BCUT2D eigenvalue weighted by Crippen LogP contribution is -2.43. The lowest BCUT2D eigenvalue weighted by molar-refractivity contribution is 0.0983. The second-order valence-corrected chi connectivity index (χ2v) is 12.6. The summed E-state index contributed by atoms with van der Waals surface area (Å²) in [5.41, 5.74) is 1.25. The number of fused-ring (bicyclic) bond motifs is 1. The van der Waals surface area contributed by atoms with Crippen molar-refractivity contribution in [1.82, 2.24) is 14.2 Å². The Morgan fingerprint density at radius 1 is 1.05 bits per heavy atom. The third-order valence-corrected chi connectivity index (χ3v) is 10.4. The van der Waals surface area contributed by atoms with E-state index in [4.69, 9.17) is 9.72 Å². The predicted octanol–water partition coefficient (Wildman–Crippen LogP) is 5.64. The number of hydrogen-bond donors (Lipinski definition) is 0. The number of carbonyl (C=O) groups excluding carboxylic acids is 1. The van der Waals surface area contributed by atoms with E-state index in [-0.39, 0.29) is 16.8 Å². The Morgan fingerprint density at radius 2 is 1.79 bits per heavy atom. The molecule has 1 aliphatic heterocycles.